The molecule has 0 N–H and O–H groups in total. The van der Waals surface area contributed by atoms with Gasteiger partial charge in [0.25, 0.3) is 6.43 Å². The molecule has 0 amide bonds. The third-order valence-electron chi connectivity index (χ3n) is 5.27. The Hall–Kier alpha value is -2.84. The van der Waals surface area contributed by atoms with Gasteiger partial charge in [0.05, 0.1) is 30.1 Å². The summed E-state index contributed by atoms with van der Waals surface area (Å²) < 4.78 is 34.8. The predicted octanol–water partition coefficient (Wildman–Crippen LogP) is 5.76. The second kappa shape index (κ2) is 8.72. The molecule has 3 heterocycles. The molecule has 1 saturated heterocycles. The highest BCUT2D eigenvalue weighted by Gasteiger charge is 2.23. The van der Waals surface area contributed by atoms with E-state index in [1.54, 1.807) is 12.1 Å². The largest absolute Gasteiger partial charge is 0.376 e. The maximum absolute atomic E-state index is 13.4. The Morgan fingerprint density at radius 2 is 1.87 bits per heavy atom. The molecule has 158 valence electrons. The van der Waals surface area contributed by atoms with Crippen LogP contribution in [0.1, 0.15) is 25.1 Å². The van der Waals surface area contributed by atoms with E-state index in [9.17, 15) is 8.78 Å². The van der Waals surface area contributed by atoms with Gasteiger partial charge in [0, 0.05) is 12.0 Å². The molecule has 5 rings (SSSR count). The summed E-state index contributed by atoms with van der Waals surface area (Å²) in [5.41, 5.74) is 2.50. The molecule has 1 unspecified atom stereocenters. The smallest absolute Gasteiger partial charge is 0.297 e. The van der Waals surface area contributed by atoms with Crippen molar-refractivity contribution in [3.05, 3.63) is 66.6 Å². The summed E-state index contributed by atoms with van der Waals surface area (Å²) in [4.78, 5) is 12.8. The second-order valence-electron chi connectivity index (χ2n) is 7.34. The van der Waals surface area contributed by atoms with Crippen LogP contribution in [0.3, 0.4) is 0 Å². The fraction of sp³-hybridized carbons (Fsp3) is 0.261. The van der Waals surface area contributed by atoms with Gasteiger partial charge in [-0.25, -0.2) is 23.7 Å². The van der Waals surface area contributed by atoms with Crippen LogP contribution in [0.25, 0.3) is 22.2 Å². The lowest BCUT2D eigenvalue weighted by atomic mass is 10.1. The van der Waals surface area contributed by atoms with E-state index in [1.165, 1.54) is 11.8 Å². The van der Waals surface area contributed by atoms with E-state index in [4.69, 9.17) is 4.74 Å². The molecule has 5 nitrogen and oxygen atoms in total. The average Bonchev–Trinajstić information content (AvgIpc) is 3.45. The summed E-state index contributed by atoms with van der Waals surface area (Å²) in [5.74, 6) is -0.471. The van der Waals surface area contributed by atoms with Crippen LogP contribution in [0.15, 0.2) is 71.0 Å². The zero-order valence-electron chi connectivity index (χ0n) is 16.6. The zero-order valence-corrected chi connectivity index (χ0v) is 17.4. The highest BCUT2D eigenvalue weighted by Crippen LogP contribution is 2.35. The Labute approximate surface area is 182 Å². The molecule has 2 aromatic carbocycles. The Morgan fingerprint density at radius 1 is 1.06 bits per heavy atom. The molecular formula is C23H20F2N4OS. The van der Waals surface area contributed by atoms with E-state index >= 15 is 0 Å². The first-order valence-electron chi connectivity index (χ1n) is 10.1. The lowest BCUT2D eigenvalue weighted by Gasteiger charge is -2.16. The van der Waals surface area contributed by atoms with Crippen molar-refractivity contribution in [3.8, 4) is 11.3 Å². The van der Waals surface area contributed by atoms with Gasteiger partial charge in [0.2, 0.25) is 0 Å². The number of para-hydroxylation sites is 1. The maximum atomic E-state index is 13.4. The van der Waals surface area contributed by atoms with Gasteiger partial charge >= 0.3 is 0 Å². The summed E-state index contributed by atoms with van der Waals surface area (Å²) in [6.45, 7) is 1.41. The molecule has 2 aromatic heterocycles. The number of fused-ring (bicyclic) bond motifs is 1. The van der Waals surface area contributed by atoms with Gasteiger partial charge in [-0.15, -0.1) is 0 Å². The topological polar surface area (TPSA) is 52.8 Å². The molecule has 0 radical (unpaired) electrons. The van der Waals surface area contributed by atoms with Gasteiger partial charge in [-0.3, -0.25) is 0 Å². The van der Waals surface area contributed by atoms with Crippen LogP contribution in [0, 0.1) is 0 Å². The predicted molar refractivity (Wildman–Crippen MR) is 115 cm³/mol. The van der Waals surface area contributed by atoms with E-state index in [0.29, 0.717) is 22.2 Å². The molecular weight excluding hydrogens is 418 g/mol. The summed E-state index contributed by atoms with van der Waals surface area (Å²) in [6.07, 6.45) is 1.22. The molecule has 1 aliphatic rings. The molecule has 1 aliphatic heterocycles. The van der Waals surface area contributed by atoms with Crippen molar-refractivity contribution in [3.63, 3.8) is 0 Å². The van der Waals surface area contributed by atoms with Crippen molar-refractivity contribution in [2.75, 3.05) is 6.61 Å². The molecule has 0 spiro atoms. The van der Waals surface area contributed by atoms with E-state index in [-0.39, 0.29) is 6.10 Å². The van der Waals surface area contributed by atoms with Gasteiger partial charge in [-0.1, -0.05) is 48.5 Å². The van der Waals surface area contributed by atoms with Crippen molar-refractivity contribution < 1.29 is 13.5 Å². The number of alkyl halides is 2. The Balaban J connectivity index is 1.58. The Kier molecular flexibility index (Phi) is 5.65. The van der Waals surface area contributed by atoms with Gasteiger partial charge in [0.1, 0.15) is 5.03 Å². The van der Waals surface area contributed by atoms with Crippen molar-refractivity contribution in [2.24, 2.45) is 0 Å². The number of hydrogen-bond acceptors (Lipinski definition) is 5. The third-order valence-corrected chi connectivity index (χ3v) is 6.28. The fourth-order valence-corrected chi connectivity index (χ4v) is 4.76. The number of halogens is 2. The number of hydrogen-bond donors (Lipinski definition) is 0. The van der Waals surface area contributed by atoms with Crippen LogP contribution in [-0.2, 0) is 11.3 Å². The van der Waals surface area contributed by atoms with Crippen LogP contribution in [0.2, 0.25) is 0 Å². The molecule has 8 heteroatoms. The molecule has 4 aromatic rings. The summed E-state index contributed by atoms with van der Waals surface area (Å²) in [6, 6.07) is 17.2. The van der Waals surface area contributed by atoms with Crippen LogP contribution >= 0.6 is 11.8 Å². The zero-order chi connectivity index (χ0) is 21.2. The van der Waals surface area contributed by atoms with Crippen molar-refractivity contribution in [1.82, 2.24) is 19.5 Å². The van der Waals surface area contributed by atoms with Crippen LogP contribution in [0.5, 0.6) is 0 Å². The number of benzene rings is 2. The van der Waals surface area contributed by atoms with Crippen LogP contribution in [0.4, 0.5) is 8.78 Å². The van der Waals surface area contributed by atoms with Crippen molar-refractivity contribution >= 4 is 22.7 Å². The van der Waals surface area contributed by atoms with Crippen LogP contribution in [-0.4, -0.2) is 32.2 Å². The van der Waals surface area contributed by atoms with Gasteiger partial charge < -0.3 is 9.30 Å². The van der Waals surface area contributed by atoms with E-state index in [1.807, 2.05) is 48.7 Å². The highest BCUT2D eigenvalue weighted by molar-refractivity contribution is 7.99. The first-order valence-corrected chi connectivity index (χ1v) is 11.0. The normalized spacial score (nSPS) is 16.4. The standard InChI is InChI=1S/C23H20F2N4OS/c24-20(25)21-27-18-11-5-4-10-17(18)22(28-21)31-23-26-13-19(15-7-2-1-3-8-15)29(23)14-16-9-6-12-30-16/h1-5,7-8,10-11,13,16,20H,6,9,12,14H2. The Morgan fingerprint density at radius 3 is 2.65 bits per heavy atom. The summed E-state index contributed by atoms with van der Waals surface area (Å²) >= 11 is 1.29. The minimum absolute atomic E-state index is 0.106. The van der Waals surface area contributed by atoms with E-state index in [2.05, 4.69) is 19.5 Å². The first-order chi connectivity index (χ1) is 15.2. The molecule has 1 atom stereocenters. The lowest BCUT2D eigenvalue weighted by Crippen LogP contribution is -2.16. The van der Waals surface area contributed by atoms with Crippen molar-refractivity contribution in [1.29, 1.82) is 0 Å². The molecule has 1 fully saturated rings. The number of imidazole rings is 1. The summed E-state index contributed by atoms with van der Waals surface area (Å²) in [5, 5.41) is 1.89. The van der Waals surface area contributed by atoms with E-state index < -0.39 is 12.2 Å². The molecule has 0 aliphatic carbocycles. The van der Waals surface area contributed by atoms with E-state index in [0.717, 1.165) is 36.1 Å². The molecule has 0 saturated carbocycles. The second-order valence-corrected chi connectivity index (χ2v) is 8.30. The monoisotopic (exact) mass is 438 g/mol. The number of rotatable bonds is 6. The minimum Gasteiger partial charge on any atom is -0.376 e. The van der Waals surface area contributed by atoms with Gasteiger partial charge in [0.15, 0.2) is 11.0 Å². The average molecular weight is 439 g/mol. The van der Waals surface area contributed by atoms with Crippen molar-refractivity contribution in [2.45, 2.75) is 42.1 Å². The maximum Gasteiger partial charge on any atom is 0.297 e. The van der Waals surface area contributed by atoms with Gasteiger partial charge in [-0.05, 0) is 36.2 Å². The fourth-order valence-electron chi connectivity index (χ4n) is 3.77. The lowest BCUT2D eigenvalue weighted by molar-refractivity contribution is 0.0954. The molecule has 0 bridgehead atoms. The third kappa shape index (κ3) is 4.18. The SMILES string of the molecule is FC(F)c1nc(Sc2ncc(-c3ccccc3)n2CC2CCCO2)c2ccccc2n1. The van der Waals surface area contributed by atoms with Crippen LogP contribution < -0.4 is 0 Å². The number of aromatic nitrogens is 4. The number of nitrogens with zero attached hydrogens (tertiary/aromatic N) is 4. The Bertz CT molecular complexity index is 1190. The quantitative estimate of drug-likeness (QED) is 0.358. The first kappa shape index (κ1) is 20.1. The van der Waals surface area contributed by atoms with Gasteiger partial charge in [-0.2, -0.15) is 0 Å². The number of ether oxygens (including phenoxy) is 1. The molecule has 31 heavy (non-hydrogen) atoms. The highest BCUT2D eigenvalue weighted by atomic mass is 32.2. The minimum atomic E-state index is -2.74. The summed E-state index contributed by atoms with van der Waals surface area (Å²) in [7, 11) is 0.